The number of carbonyl (C=O) groups excluding carboxylic acids is 1. The SMILES string of the molecule is CC(I)N[C@@H](Cc1ccccc1)C(=O)Nc1cccc(C#N)c1. The van der Waals surface area contributed by atoms with E-state index < -0.39 is 0 Å². The molecule has 118 valence electrons. The lowest BCUT2D eigenvalue weighted by Gasteiger charge is -2.20. The Kier molecular flexibility index (Phi) is 6.56. The summed E-state index contributed by atoms with van der Waals surface area (Å²) in [6.45, 7) is 2.00. The van der Waals surface area contributed by atoms with Crippen molar-refractivity contribution in [2.24, 2.45) is 0 Å². The van der Waals surface area contributed by atoms with Gasteiger partial charge in [-0.05, 0) is 37.1 Å². The van der Waals surface area contributed by atoms with Gasteiger partial charge in [0.15, 0.2) is 0 Å². The van der Waals surface area contributed by atoms with Crippen LogP contribution in [0.4, 0.5) is 5.69 Å². The second-order valence-corrected chi connectivity index (χ2v) is 7.08. The molecule has 0 bridgehead atoms. The standard InChI is InChI=1S/C18H18IN3O/c1-13(19)21-17(11-14-6-3-2-4-7-14)18(23)22-16-9-5-8-15(10-16)12-20/h2-10,13,17,21H,11H2,1H3,(H,22,23)/t13?,17-/m0/s1. The van der Waals surface area contributed by atoms with Crippen LogP contribution >= 0.6 is 22.6 Å². The van der Waals surface area contributed by atoms with E-state index in [4.69, 9.17) is 5.26 Å². The van der Waals surface area contributed by atoms with Crippen LogP contribution < -0.4 is 10.6 Å². The molecule has 0 saturated heterocycles. The molecule has 0 fully saturated rings. The van der Waals surface area contributed by atoms with E-state index in [0.717, 1.165) is 5.56 Å². The quantitative estimate of drug-likeness (QED) is 0.428. The van der Waals surface area contributed by atoms with E-state index in [9.17, 15) is 4.79 Å². The number of amides is 1. The number of nitrogens with one attached hydrogen (secondary N) is 2. The molecule has 0 heterocycles. The van der Waals surface area contributed by atoms with Crippen molar-refractivity contribution >= 4 is 34.2 Å². The van der Waals surface area contributed by atoms with Crippen molar-refractivity contribution < 1.29 is 4.79 Å². The van der Waals surface area contributed by atoms with E-state index >= 15 is 0 Å². The lowest BCUT2D eigenvalue weighted by atomic mass is 10.1. The molecule has 0 aromatic heterocycles. The third kappa shape index (κ3) is 5.66. The highest BCUT2D eigenvalue weighted by molar-refractivity contribution is 14.1. The zero-order chi connectivity index (χ0) is 16.7. The molecule has 0 aliphatic rings. The molecule has 0 aliphatic carbocycles. The Balaban J connectivity index is 2.11. The second-order valence-electron chi connectivity index (χ2n) is 5.21. The van der Waals surface area contributed by atoms with E-state index in [1.807, 2.05) is 37.3 Å². The summed E-state index contributed by atoms with van der Waals surface area (Å²) in [7, 11) is 0. The number of nitrogens with zero attached hydrogens (tertiary/aromatic N) is 1. The molecule has 0 aliphatic heterocycles. The first-order valence-electron chi connectivity index (χ1n) is 7.33. The Morgan fingerprint density at radius 3 is 2.61 bits per heavy atom. The largest absolute Gasteiger partial charge is 0.325 e. The molecule has 23 heavy (non-hydrogen) atoms. The molecule has 2 N–H and O–H groups in total. The second kappa shape index (κ2) is 8.65. The number of halogens is 1. The Hall–Kier alpha value is -1.91. The molecule has 0 radical (unpaired) electrons. The maximum atomic E-state index is 12.6. The summed E-state index contributed by atoms with van der Waals surface area (Å²) >= 11 is 2.24. The van der Waals surface area contributed by atoms with Gasteiger partial charge >= 0.3 is 0 Å². The summed E-state index contributed by atoms with van der Waals surface area (Å²) < 4.78 is 0.164. The summed E-state index contributed by atoms with van der Waals surface area (Å²) in [6, 6.07) is 18.6. The van der Waals surface area contributed by atoms with Crippen molar-refractivity contribution in [1.29, 1.82) is 5.26 Å². The molecular formula is C18H18IN3O. The van der Waals surface area contributed by atoms with Gasteiger partial charge in [-0.25, -0.2) is 0 Å². The molecule has 1 unspecified atom stereocenters. The van der Waals surface area contributed by atoms with Crippen molar-refractivity contribution in [3.63, 3.8) is 0 Å². The third-order valence-corrected chi connectivity index (χ3v) is 3.65. The van der Waals surface area contributed by atoms with Crippen molar-refractivity contribution in [2.45, 2.75) is 23.4 Å². The summed E-state index contributed by atoms with van der Waals surface area (Å²) in [5, 5.41) is 15.1. The minimum Gasteiger partial charge on any atom is -0.325 e. The summed E-state index contributed by atoms with van der Waals surface area (Å²) in [5.74, 6) is -0.104. The monoisotopic (exact) mass is 419 g/mol. The summed E-state index contributed by atoms with van der Waals surface area (Å²) in [4.78, 5) is 12.6. The van der Waals surface area contributed by atoms with Crippen molar-refractivity contribution in [2.75, 3.05) is 5.32 Å². The molecule has 0 spiro atoms. The molecule has 2 rings (SSSR count). The Morgan fingerprint density at radius 2 is 1.96 bits per heavy atom. The topological polar surface area (TPSA) is 64.9 Å². The number of rotatable bonds is 6. The molecule has 4 nitrogen and oxygen atoms in total. The number of carbonyl (C=O) groups is 1. The summed E-state index contributed by atoms with van der Waals surface area (Å²) in [5.41, 5.74) is 2.26. The van der Waals surface area contributed by atoms with Gasteiger partial charge in [0.05, 0.1) is 21.7 Å². The molecule has 5 heteroatoms. The zero-order valence-corrected chi connectivity index (χ0v) is 14.9. The molecule has 1 amide bonds. The number of alkyl halides is 1. The van der Waals surface area contributed by atoms with Crippen LogP contribution in [0.25, 0.3) is 0 Å². The highest BCUT2D eigenvalue weighted by Gasteiger charge is 2.20. The van der Waals surface area contributed by atoms with Crippen molar-refractivity contribution in [3.8, 4) is 6.07 Å². The van der Waals surface area contributed by atoms with Crippen LogP contribution in [-0.2, 0) is 11.2 Å². The van der Waals surface area contributed by atoms with Crippen molar-refractivity contribution in [1.82, 2.24) is 5.32 Å². The van der Waals surface area contributed by atoms with Gasteiger partial charge in [0, 0.05) is 5.69 Å². The molecule has 2 aromatic carbocycles. The van der Waals surface area contributed by atoms with E-state index in [1.54, 1.807) is 24.3 Å². The van der Waals surface area contributed by atoms with Crippen LogP contribution in [0.2, 0.25) is 0 Å². The van der Waals surface area contributed by atoms with Crippen LogP contribution in [0.5, 0.6) is 0 Å². The van der Waals surface area contributed by atoms with Crippen molar-refractivity contribution in [3.05, 3.63) is 65.7 Å². The highest BCUT2D eigenvalue weighted by atomic mass is 127. The van der Waals surface area contributed by atoms with E-state index in [1.165, 1.54) is 0 Å². The average molecular weight is 419 g/mol. The van der Waals surface area contributed by atoms with Crippen LogP contribution in [0.1, 0.15) is 18.1 Å². The molecule has 2 atom stereocenters. The molecule has 0 saturated carbocycles. The maximum absolute atomic E-state index is 12.6. The Bertz CT molecular complexity index is 695. The van der Waals surface area contributed by atoms with E-state index in [2.05, 4.69) is 39.3 Å². The number of benzene rings is 2. The number of anilines is 1. The minimum absolute atomic E-state index is 0.104. The minimum atomic E-state index is -0.338. The van der Waals surface area contributed by atoms with Crippen LogP contribution in [-0.4, -0.2) is 16.0 Å². The van der Waals surface area contributed by atoms with Gasteiger partial charge in [-0.1, -0.05) is 59.0 Å². The predicted octanol–water partition coefficient (Wildman–Crippen LogP) is 3.48. The lowest BCUT2D eigenvalue weighted by Crippen LogP contribution is -2.44. The average Bonchev–Trinajstić information content (AvgIpc) is 2.55. The number of hydrogen-bond donors (Lipinski definition) is 2. The van der Waals surface area contributed by atoms with Gasteiger partial charge < -0.3 is 5.32 Å². The number of hydrogen-bond acceptors (Lipinski definition) is 3. The van der Waals surface area contributed by atoms with E-state index in [-0.39, 0.29) is 16.0 Å². The summed E-state index contributed by atoms with van der Waals surface area (Å²) in [6.07, 6.45) is 0.609. The lowest BCUT2D eigenvalue weighted by molar-refractivity contribution is -0.118. The predicted molar refractivity (Wildman–Crippen MR) is 100 cm³/mol. The molecule has 2 aromatic rings. The van der Waals surface area contributed by atoms with Gasteiger partial charge in [-0.15, -0.1) is 0 Å². The fraction of sp³-hybridized carbons (Fsp3) is 0.222. The van der Waals surface area contributed by atoms with Gasteiger partial charge in [0.2, 0.25) is 5.91 Å². The number of nitriles is 1. The fourth-order valence-corrected chi connectivity index (χ4v) is 2.68. The first-order valence-corrected chi connectivity index (χ1v) is 8.58. The third-order valence-electron chi connectivity index (χ3n) is 3.29. The normalized spacial score (nSPS) is 12.9. The van der Waals surface area contributed by atoms with Gasteiger partial charge in [-0.2, -0.15) is 5.26 Å². The first-order chi connectivity index (χ1) is 11.1. The Labute approximate surface area is 150 Å². The smallest absolute Gasteiger partial charge is 0.241 e. The van der Waals surface area contributed by atoms with Gasteiger partial charge in [-0.3, -0.25) is 10.1 Å². The first kappa shape index (κ1) is 17.4. The zero-order valence-electron chi connectivity index (χ0n) is 12.8. The van der Waals surface area contributed by atoms with Crippen LogP contribution in [0, 0.1) is 11.3 Å². The van der Waals surface area contributed by atoms with E-state index in [0.29, 0.717) is 17.7 Å². The highest BCUT2D eigenvalue weighted by Crippen LogP contribution is 2.12. The van der Waals surface area contributed by atoms with Crippen LogP contribution in [0.15, 0.2) is 54.6 Å². The Morgan fingerprint density at radius 1 is 1.22 bits per heavy atom. The van der Waals surface area contributed by atoms with Gasteiger partial charge in [0.1, 0.15) is 0 Å². The molecular weight excluding hydrogens is 401 g/mol. The van der Waals surface area contributed by atoms with Crippen LogP contribution in [0.3, 0.4) is 0 Å². The maximum Gasteiger partial charge on any atom is 0.241 e. The van der Waals surface area contributed by atoms with Gasteiger partial charge in [0.25, 0.3) is 0 Å². The fourth-order valence-electron chi connectivity index (χ4n) is 2.25.